The van der Waals surface area contributed by atoms with Crippen molar-refractivity contribution in [1.29, 1.82) is 0 Å². The summed E-state index contributed by atoms with van der Waals surface area (Å²) in [5.74, 6) is 0. The molecule has 3 heteroatoms. The Morgan fingerprint density at radius 3 is 2.58 bits per heavy atom. The highest BCUT2D eigenvalue weighted by Gasteiger charge is 2.03. The van der Waals surface area contributed by atoms with Gasteiger partial charge in [0.2, 0.25) is 0 Å². The summed E-state index contributed by atoms with van der Waals surface area (Å²) in [6.45, 7) is 2.07. The van der Waals surface area contributed by atoms with Crippen molar-refractivity contribution in [3.05, 3.63) is 60.3 Å². The summed E-state index contributed by atoms with van der Waals surface area (Å²) in [4.78, 5) is 4.44. The van der Waals surface area contributed by atoms with Crippen LogP contribution in [0.5, 0.6) is 0 Å². The van der Waals surface area contributed by atoms with E-state index in [9.17, 15) is 0 Å². The van der Waals surface area contributed by atoms with Crippen LogP contribution in [0.2, 0.25) is 0 Å². The van der Waals surface area contributed by atoms with Crippen molar-refractivity contribution >= 4 is 28.0 Å². The Hall–Kier alpha value is -2.55. The summed E-state index contributed by atoms with van der Waals surface area (Å²) < 4.78 is 0. The molecule has 1 aromatic heterocycles. The standard InChI is InChI=1S/C16H15N3/c1-11-3-2-4-14-15(9-10-18-16(11)14)19-13-7-5-12(17)6-8-13/h2-10H,17H2,1H3,(H,18,19). The van der Waals surface area contributed by atoms with E-state index in [1.807, 2.05) is 42.6 Å². The second-order valence-electron chi connectivity index (χ2n) is 4.58. The average Bonchev–Trinajstić information content (AvgIpc) is 2.43. The molecule has 3 N–H and O–H groups in total. The van der Waals surface area contributed by atoms with E-state index in [4.69, 9.17) is 5.73 Å². The van der Waals surface area contributed by atoms with Crippen molar-refractivity contribution in [3.63, 3.8) is 0 Å². The predicted octanol–water partition coefficient (Wildman–Crippen LogP) is 3.87. The molecule has 0 aliphatic carbocycles. The molecule has 0 radical (unpaired) electrons. The zero-order valence-corrected chi connectivity index (χ0v) is 10.7. The first kappa shape index (κ1) is 11.5. The van der Waals surface area contributed by atoms with Crippen LogP contribution in [0.25, 0.3) is 10.9 Å². The molecule has 0 spiro atoms. The Morgan fingerprint density at radius 1 is 1.00 bits per heavy atom. The van der Waals surface area contributed by atoms with E-state index in [0.29, 0.717) is 0 Å². The van der Waals surface area contributed by atoms with Gasteiger partial charge in [0.1, 0.15) is 0 Å². The maximum absolute atomic E-state index is 5.69. The smallest absolute Gasteiger partial charge is 0.0751 e. The highest BCUT2D eigenvalue weighted by atomic mass is 14.9. The Morgan fingerprint density at radius 2 is 1.79 bits per heavy atom. The number of benzene rings is 2. The number of nitrogens with one attached hydrogen (secondary N) is 1. The van der Waals surface area contributed by atoms with Crippen molar-refractivity contribution in [3.8, 4) is 0 Å². The van der Waals surface area contributed by atoms with E-state index in [0.717, 1.165) is 28.0 Å². The maximum atomic E-state index is 5.69. The van der Waals surface area contributed by atoms with Gasteiger partial charge in [-0.15, -0.1) is 0 Å². The van der Waals surface area contributed by atoms with E-state index < -0.39 is 0 Å². The first-order chi connectivity index (χ1) is 9.24. The van der Waals surface area contributed by atoms with E-state index in [2.05, 4.69) is 29.4 Å². The van der Waals surface area contributed by atoms with Crippen LogP contribution in [-0.4, -0.2) is 4.98 Å². The molecule has 19 heavy (non-hydrogen) atoms. The van der Waals surface area contributed by atoms with Crippen LogP contribution in [0.3, 0.4) is 0 Å². The molecule has 0 bridgehead atoms. The first-order valence-electron chi connectivity index (χ1n) is 6.21. The van der Waals surface area contributed by atoms with Gasteiger partial charge in [0.25, 0.3) is 0 Å². The molecule has 3 aromatic rings. The largest absolute Gasteiger partial charge is 0.399 e. The van der Waals surface area contributed by atoms with Gasteiger partial charge in [0.05, 0.1) is 5.52 Å². The molecule has 0 unspecified atom stereocenters. The number of para-hydroxylation sites is 1. The lowest BCUT2D eigenvalue weighted by atomic mass is 10.1. The molecule has 3 nitrogen and oxygen atoms in total. The quantitative estimate of drug-likeness (QED) is 0.678. The summed E-state index contributed by atoms with van der Waals surface area (Å²) in [5.41, 5.74) is 10.7. The normalized spacial score (nSPS) is 10.6. The van der Waals surface area contributed by atoms with Crippen LogP contribution in [0.1, 0.15) is 5.56 Å². The van der Waals surface area contributed by atoms with Crippen molar-refractivity contribution < 1.29 is 0 Å². The number of hydrogen-bond donors (Lipinski definition) is 2. The first-order valence-corrected chi connectivity index (χ1v) is 6.21. The van der Waals surface area contributed by atoms with Crippen molar-refractivity contribution in [2.75, 3.05) is 11.1 Å². The third-order valence-electron chi connectivity index (χ3n) is 3.16. The summed E-state index contributed by atoms with van der Waals surface area (Å²) in [5, 5.41) is 4.53. The second kappa shape index (κ2) is 4.61. The zero-order chi connectivity index (χ0) is 13.2. The fourth-order valence-corrected chi connectivity index (χ4v) is 2.15. The Bertz CT molecular complexity index is 718. The molecule has 0 aliphatic rings. The molecular formula is C16H15N3. The number of rotatable bonds is 2. The molecule has 1 heterocycles. The van der Waals surface area contributed by atoms with E-state index in [1.54, 1.807) is 0 Å². The topological polar surface area (TPSA) is 50.9 Å². The molecule has 3 rings (SSSR count). The van der Waals surface area contributed by atoms with E-state index in [1.165, 1.54) is 5.56 Å². The maximum Gasteiger partial charge on any atom is 0.0751 e. The molecule has 0 atom stereocenters. The predicted molar refractivity (Wildman–Crippen MR) is 80.6 cm³/mol. The lowest BCUT2D eigenvalue weighted by Crippen LogP contribution is -1.94. The number of nitrogens with zero attached hydrogens (tertiary/aromatic N) is 1. The number of hydrogen-bond acceptors (Lipinski definition) is 3. The van der Waals surface area contributed by atoms with Gasteiger partial charge in [-0.05, 0) is 42.8 Å². The minimum absolute atomic E-state index is 0.765. The number of anilines is 3. The van der Waals surface area contributed by atoms with Crippen LogP contribution in [0.15, 0.2) is 54.7 Å². The van der Waals surface area contributed by atoms with Crippen molar-refractivity contribution in [2.45, 2.75) is 6.92 Å². The lowest BCUT2D eigenvalue weighted by Gasteiger charge is -2.10. The number of aryl methyl sites for hydroxylation is 1. The fourth-order valence-electron chi connectivity index (χ4n) is 2.15. The third kappa shape index (κ3) is 2.22. The van der Waals surface area contributed by atoms with Crippen LogP contribution in [0, 0.1) is 6.92 Å². The number of fused-ring (bicyclic) bond motifs is 1. The fraction of sp³-hybridized carbons (Fsp3) is 0.0625. The minimum Gasteiger partial charge on any atom is -0.399 e. The van der Waals surface area contributed by atoms with Crippen molar-refractivity contribution in [2.24, 2.45) is 0 Å². The molecule has 0 saturated heterocycles. The molecule has 0 fully saturated rings. The van der Waals surface area contributed by atoms with Crippen LogP contribution >= 0.6 is 0 Å². The summed E-state index contributed by atoms with van der Waals surface area (Å²) >= 11 is 0. The number of nitrogen functional groups attached to an aromatic ring is 1. The van der Waals surface area contributed by atoms with Gasteiger partial charge in [0.15, 0.2) is 0 Å². The molecule has 0 saturated carbocycles. The highest BCUT2D eigenvalue weighted by Crippen LogP contribution is 2.26. The van der Waals surface area contributed by atoms with Gasteiger partial charge in [-0.1, -0.05) is 18.2 Å². The molecule has 0 aliphatic heterocycles. The zero-order valence-electron chi connectivity index (χ0n) is 10.7. The minimum atomic E-state index is 0.765. The Balaban J connectivity index is 2.06. The second-order valence-corrected chi connectivity index (χ2v) is 4.58. The molecule has 0 amide bonds. The monoisotopic (exact) mass is 249 g/mol. The number of nitrogens with two attached hydrogens (primary N) is 1. The van der Waals surface area contributed by atoms with Crippen LogP contribution in [-0.2, 0) is 0 Å². The van der Waals surface area contributed by atoms with Crippen molar-refractivity contribution in [1.82, 2.24) is 4.98 Å². The SMILES string of the molecule is Cc1cccc2c(Nc3ccc(N)cc3)ccnc12. The molecular weight excluding hydrogens is 234 g/mol. The lowest BCUT2D eigenvalue weighted by molar-refractivity contribution is 1.36. The molecule has 94 valence electrons. The van der Waals surface area contributed by atoms with Gasteiger partial charge in [-0.2, -0.15) is 0 Å². The number of aromatic nitrogens is 1. The van der Waals surface area contributed by atoms with Gasteiger partial charge in [0, 0.05) is 28.6 Å². The van der Waals surface area contributed by atoms with E-state index >= 15 is 0 Å². The van der Waals surface area contributed by atoms with Crippen LogP contribution < -0.4 is 11.1 Å². The molecule has 2 aromatic carbocycles. The van der Waals surface area contributed by atoms with Gasteiger partial charge in [-0.3, -0.25) is 4.98 Å². The van der Waals surface area contributed by atoms with Gasteiger partial charge in [-0.25, -0.2) is 0 Å². The summed E-state index contributed by atoms with van der Waals surface area (Å²) in [7, 11) is 0. The van der Waals surface area contributed by atoms with E-state index in [-0.39, 0.29) is 0 Å². The summed E-state index contributed by atoms with van der Waals surface area (Å²) in [6.07, 6.45) is 1.83. The Kier molecular flexibility index (Phi) is 2.80. The third-order valence-corrected chi connectivity index (χ3v) is 3.16. The van der Waals surface area contributed by atoms with Gasteiger partial charge >= 0.3 is 0 Å². The highest BCUT2D eigenvalue weighted by molar-refractivity contribution is 5.94. The summed E-state index contributed by atoms with van der Waals surface area (Å²) in [6, 6.07) is 15.9. The average molecular weight is 249 g/mol. The Labute approximate surface area is 112 Å². The number of pyridine rings is 1. The van der Waals surface area contributed by atoms with Crippen LogP contribution in [0.4, 0.5) is 17.1 Å². The van der Waals surface area contributed by atoms with Gasteiger partial charge < -0.3 is 11.1 Å².